The monoisotopic (exact) mass is 338 g/mol. The summed E-state index contributed by atoms with van der Waals surface area (Å²) in [5, 5.41) is 9.67. The second kappa shape index (κ2) is 7.14. The van der Waals surface area contributed by atoms with Crippen LogP contribution >= 0.6 is 11.8 Å². The topological polar surface area (TPSA) is 83.0 Å². The second-order valence-corrected chi connectivity index (χ2v) is 6.05. The first-order valence-corrected chi connectivity index (χ1v) is 8.22. The maximum Gasteiger partial charge on any atom is 0.255 e. The lowest BCUT2D eigenvalue weighted by Crippen LogP contribution is -2.06. The van der Waals surface area contributed by atoms with E-state index in [4.69, 9.17) is 0 Å². The van der Waals surface area contributed by atoms with E-state index in [0.29, 0.717) is 22.0 Å². The zero-order valence-electron chi connectivity index (χ0n) is 12.6. The van der Waals surface area contributed by atoms with Crippen LogP contribution in [0.1, 0.15) is 21.5 Å². The smallest absolute Gasteiger partial charge is 0.255 e. The van der Waals surface area contributed by atoms with E-state index in [1.165, 1.54) is 11.8 Å². The summed E-state index contributed by atoms with van der Waals surface area (Å²) >= 11 is 1.30. The Balaban J connectivity index is 1.68. The Bertz CT molecular complexity index is 906. The SMILES string of the molecule is O=C(c1ccccc1)c1ccc(CSc2nc(O)cc(=O)[nH]2)cc1. The fourth-order valence-electron chi connectivity index (χ4n) is 2.15. The third-order valence-corrected chi connectivity index (χ3v) is 4.28. The van der Waals surface area contributed by atoms with Crippen molar-refractivity contribution < 1.29 is 9.90 Å². The Hall–Kier alpha value is -2.86. The molecule has 0 aliphatic rings. The lowest BCUT2D eigenvalue weighted by molar-refractivity contribution is 0.103. The second-order valence-electron chi connectivity index (χ2n) is 5.09. The maximum absolute atomic E-state index is 12.3. The summed E-state index contributed by atoms with van der Waals surface area (Å²) in [5.74, 6) is 0.241. The number of hydrogen-bond acceptors (Lipinski definition) is 5. The van der Waals surface area contributed by atoms with Gasteiger partial charge < -0.3 is 10.1 Å². The molecule has 2 aromatic carbocycles. The summed E-state index contributed by atoms with van der Waals surface area (Å²) in [6.07, 6.45) is 0. The van der Waals surface area contributed by atoms with Crippen molar-refractivity contribution in [3.63, 3.8) is 0 Å². The summed E-state index contributed by atoms with van der Waals surface area (Å²) in [6, 6.07) is 17.4. The molecule has 1 heterocycles. The summed E-state index contributed by atoms with van der Waals surface area (Å²) in [5.41, 5.74) is 1.87. The molecule has 120 valence electrons. The normalized spacial score (nSPS) is 10.5. The van der Waals surface area contributed by atoms with Crippen LogP contribution in [0.15, 0.2) is 70.6 Å². The van der Waals surface area contributed by atoms with E-state index >= 15 is 0 Å². The number of aromatic hydroxyl groups is 1. The largest absolute Gasteiger partial charge is 0.493 e. The van der Waals surface area contributed by atoms with Gasteiger partial charge in [-0.3, -0.25) is 9.59 Å². The van der Waals surface area contributed by atoms with Gasteiger partial charge in [-0.25, -0.2) is 0 Å². The Kier molecular flexibility index (Phi) is 4.77. The minimum atomic E-state index is -0.395. The average molecular weight is 338 g/mol. The number of thioether (sulfide) groups is 1. The number of hydrogen-bond donors (Lipinski definition) is 2. The van der Waals surface area contributed by atoms with Gasteiger partial charge in [-0.05, 0) is 5.56 Å². The molecule has 0 saturated heterocycles. The number of aromatic amines is 1. The van der Waals surface area contributed by atoms with Gasteiger partial charge in [-0.2, -0.15) is 4.98 Å². The van der Waals surface area contributed by atoms with E-state index in [-0.39, 0.29) is 11.7 Å². The molecule has 0 atom stereocenters. The third-order valence-electron chi connectivity index (χ3n) is 3.33. The van der Waals surface area contributed by atoms with Gasteiger partial charge in [0, 0.05) is 16.9 Å². The lowest BCUT2D eigenvalue weighted by atomic mass is 10.0. The zero-order chi connectivity index (χ0) is 16.9. The average Bonchev–Trinajstić information content (AvgIpc) is 2.60. The molecule has 5 nitrogen and oxygen atoms in total. The number of carbonyl (C=O) groups excluding carboxylic acids is 1. The molecule has 3 aromatic rings. The molecule has 0 aliphatic heterocycles. The van der Waals surface area contributed by atoms with Gasteiger partial charge in [-0.1, -0.05) is 66.4 Å². The molecule has 2 N–H and O–H groups in total. The summed E-state index contributed by atoms with van der Waals surface area (Å²) in [4.78, 5) is 30.0. The fraction of sp³-hybridized carbons (Fsp3) is 0.0556. The Morgan fingerprint density at radius 2 is 1.71 bits per heavy atom. The third kappa shape index (κ3) is 3.91. The number of nitrogens with one attached hydrogen (secondary N) is 1. The fourth-order valence-corrected chi connectivity index (χ4v) is 2.98. The number of H-pyrrole nitrogens is 1. The van der Waals surface area contributed by atoms with E-state index in [9.17, 15) is 14.7 Å². The van der Waals surface area contributed by atoms with Crippen molar-refractivity contribution in [2.24, 2.45) is 0 Å². The van der Waals surface area contributed by atoms with Crippen molar-refractivity contribution in [3.8, 4) is 5.88 Å². The van der Waals surface area contributed by atoms with E-state index in [2.05, 4.69) is 9.97 Å². The van der Waals surface area contributed by atoms with Crippen LogP contribution in [0, 0.1) is 0 Å². The molecule has 0 amide bonds. The Morgan fingerprint density at radius 1 is 1.04 bits per heavy atom. The first-order chi connectivity index (χ1) is 11.6. The van der Waals surface area contributed by atoms with Gasteiger partial charge in [0.25, 0.3) is 5.56 Å². The highest BCUT2D eigenvalue weighted by molar-refractivity contribution is 7.98. The van der Waals surface area contributed by atoms with Crippen LogP contribution in [0.25, 0.3) is 0 Å². The summed E-state index contributed by atoms with van der Waals surface area (Å²) in [6.45, 7) is 0. The van der Waals surface area contributed by atoms with Crippen LogP contribution in [-0.2, 0) is 5.75 Å². The Morgan fingerprint density at radius 3 is 2.38 bits per heavy atom. The van der Waals surface area contributed by atoms with Crippen molar-refractivity contribution in [1.29, 1.82) is 0 Å². The molecule has 0 radical (unpaired) electrons. The van der Waals surface area contributed by atoms with E-state index in [0.717, 1.165) is 11.6 Å². The minimum absolute atomic E-state index is 0.0196. The van der Waals surface area contributed by atoms with Crippen LogP contribution in [0.2, 0.25) is 0 Å². The van der Waals surface area contributed by atoms with Gasteiger partial charge >= 0.3 is 0 Å². The molecule has 3 rings (SSSR count). The summed E-state index contributed by atoms with van der Waals surface area (Å²) in [7, 11) is 0. The number of carbonyl (C=O) groups is 1. The van der Waals surface area contributed by atoms with Crippen LogP contribution in [0.4, 0.5) is 0 Å². The van der Waals surface area contributed by atoms with Crippen molar-refractivity contribution in [2.45, 2.75) is 10.9 Å². The van der Waals surface area contributed by atoms with Crippen molar-refractivity contribution in [2.75, 3.05) is 0 Å². The first-order valence-electron chi connectivity index (χ1n) is 7.23. The van der Waals surface area contributed by atoms with Gasteiger partial charge in [0.15, 0.2) is 10.9 Å². The van der Waals surface area contributed by atoms with Crippen LogP contribution in [-0.4, -0.2) is 20.9 Å². The molecule has 0 saturated carbocycles. The van der Waals surface area contributed by atoms with Crippen molar-refractivity contribution >= 4 is 17.5 Å². The molecule has 0 bridgehead atoms. The highest BCUT2D eigenvalue weighted by atomic mass is 32.2. The predicted molar refractivity (Wildman–Crippen MR) is 92.4 cm³/mol. The number of benzene rings is 2. The summed E-state index contributed by atoms with van der Waals surface area (Å²) < 4.78 is 0. The molecular formula is C18H14N2O3S. The van der Waals surface area contributed by atoms with Gasteiger partial charge in [-0.15, -0.1) is 0 Å². The molecular weight excluding hydrogens is 324 g/mol. The molecule has 24 heavy (non-hydrogen) atoms. The zero-order valence-corrected chi connectivity index (χ0v) is 13.4. The van der Waals surface area contributed by atoms with Crippen LogP contribution < -0.4 is 5.56 Å². The number of rotatable bonds is 5. The quantitative estimate of drug-likeness (QED) is 0.424. The number of nitrogens with zero attached hydrogens (tertiary/aromatic N) is 1. The van der Waals surface area contributed by atoms with Crippen LogP contribution in [0.3, 0.4) is 0 Å². The molecule has 6 heteroatoms. The Labute approximate surface area is 142 Å². The molecule has 1 aromatic heterocycles. The highest BCUT2D eigenvalue weighted by Crippen LogP contribution is 2.20. The maximum atomic E-state index is 12.3. The van der Waals surface area contributed by atoms with Crippen molar-refractivity contribution in [3.05, 3.63) is 87.7 Å². The van der Waals surface area contributed by atoms with E-state index in [1.807, 2.05) is 30.3 Å². The van der Waals surface area contributed by atoms with Crippen LogP contribution in [0.5, 0.6) is 5.88 Å². The highest BCUT2D eigenvalue weighted by Gasteiger charge is 2.08. The predicted octanol–water partition coefficient (Wildman–Crippen LogP) is 3.00. The molecule has 0 aliphatic carbocycles. The first kappa shape index (κ1) is 16.0. The molecule has 0 unspecified atom stereocenters. The van der Waals surface area contributed by atoms with Crippen molar-refractivity contribution in [1.82, 2.24) is 9.97 Å². The van der Waals surface area contributed by atoms with Gasteiger partial charge in [0.2, 0.25) is 5.88 Å². The standard InChI is InChI=1S/C18H14N2O3S/c21-15-10-16(22)20-18(19-15)24-11-12-6-8-14(9-7-12)17(23)13-4-2-1-3-5-13/h1-10H,11H2,(H2,19,20,21,22). The van der Waals surface area contributed by atoms with E-state index in [1.54, 1.807) is 24.3 Å². The number of aromatic nitrogens is 2. The minimum Gasteiger partial charge on any atom is -0.493 e. The van der Waals surface area contributed by atoms with Gasteiger partial charge in [0.1, 0.15) is 0 Å². The van der Waals surface area contributed by atoms with Gasteiger partial charge in [0.05, 0.1) is 6.07 Å². The van der Waals surface area contributed by atoms with E-state index < -0.39 is 5.56 Å². The molecule has 0 fully saturated rings. The lowest BCUT2D eigenvalue weighted by Gasteiger charge is -2.04. The number of ketones is 1. The molecule has 0 spiro atoms.